The van der Waals surface area contributed by atoms with Gasteiger partial charge in [-0.15, -0.1) is 10.2 Å². The molecule has 3 aromatic carbocycles. The van der Waals surface area contributed by atoms with E-state index in [0.717, 1.165) is 27.9 Å². The lowest BCUT2D eigenvalue weighted by atomic mass is 10.1. The van der Waals surface area contributed by atoms with Gasteiger partial charge in [-0.25, -0.2) is 4.57 Å². The van der Waals surface area contributed by atoms with Crippen molar-refractivity contribution in [3.05, 3.63) is 99.6 Å². The molecule has 8 nitrogen and oxygen atoms in total. The largest absolute Gasteiger partial charge is 0.334 e. The van der Waals surface area contributed by atoms with Crippen LogP contribution in [0.15, 0.2) is 81.2 Å². The van der Waals surface area contributed by atoms with Gasteiger partial charge in [0.2, 0.25) is 5.78 Å². The van der Waals surface area contributed by atoms with Gasteiger partial charge >= 0.3 is 0 Å². The number of fused-ring (bicyclic) bond motifs is 3. The van der Waals surface area contributed by atoms with Gasteiger partial charge in [0.15, 0.2) is 11.0 Å². The Hall–Kier alpha value is -4.24. The lowest BCUT2D eigenvalue weighted by molar-refractivity contribution is 0.425. The van der Waals surface area contributed by atoms with Crippen LogP contribution >= 0.6 is 11.8 Å². The summed E-state index contributed by atoms with van der Waals surface area (Å²) >= 11 is 1.44. The predicted molar refractivity (Wildman–Crippen MR) is 140 cm³/mol. The molecule has 9 heteroatoms. The van der Waals surface area contributed by atoms with Crippen LogP contribution in [0.4, 0.5) is 0 Å². The van der Waals surface area contributed by atoms with Crippen molar-refractivity contribution in [1.82, 2.24) is 29.3 Å². The van der Waals surface area contributed by atoms with Crippen LogP contribution in [0.3, 0.4) is 0 Å². The van der Waals surface area contributed by atoms with Crippen molar-refractivity contribution in [3.63, 3.8) is 0 Å². The highest BCUT2D eigenvalue weighted by Gasteiger charge is 2.20. The van der Waals surface area contributed by atoms with Crippen LogP contribution in [-0.2, 0) is 5.75 Å². The van der Waals surface area contributed by atoms with Crippen LogP contribution in [0.25, 0.3) is 33.8 Å². The fraction of sp³-hybridized carbons (Fsp3) is 0.148. The lowest BCUT2D eigenvalue weighted by Gasteiger charge is -2.14. The number of rotatable bonds is 5. The summed E-state index contributed by atoms with van der Waals surface area (Å²) in [5, 5.41) is 14.3. The van der Waals surface area contributed by atoms with Crippen molar-refractivity contribution in [2.75, 3.05) is 0 Å². The van der Waals surface area contributed by atoms with Crippen LogP contribution in [0.1, 0.15) is 22.5 Å². The summed E-state index contributed by atoms with van der Waals surface area (Å²) in [7, 11) is 0. The Morgan fingerprint density at radius 3 is 2.56 bits per heavy atom. The van der Waals surface area contributed by atoms with E-state index in [1.165, 1.54) is 17.3 Å². The predicted octanol–water partition coefficient (Wildman–Crippen LogP) is 5.30. The molecule has 3 aromatic heterocycles. The molecule has 6 rings (SSSR count). The maximum atomic E-state index is 13.6. The highest BCUT2D eigenvalue weighted by molar-refractivity contribution is 7.98. The highest BCUT2D eigenvalue weighted by Crippen LogP contribution is 2.27. The van der Waals surface area contributed by atoms with Gasteiger partial charge in [-0.05, 0) is 62.2 Å². The molecule has 0 N–H and O–H groups in total. The van der Waals surface area contributed by atoms with Crippen molar-refractivity contribution in [1.29, 1.82) is 0 Å². The Morgan fingerprint density at radius 2 is 1.72 bits per heavy atom. The molecule has 178 valence electrons. The standard InChI is InChI=1S/C27H22N6O2S/c1-16-11-13-19(14-12-16)24-28-23(31-35-24)15-36-27-30-29-26-32(21-10-6-7-17(2)18(21)3)25(34)20-8-4-5-9-22(20)33(26)27/h4-14H,15H2,1-3H3. The molecular weight excluding hydrogens is 472 g/mol. The first-order valence-electron chi connectivity index (χ1n) is 11.5. The van der Waals surface area contributed by atoms with Crippen LogP contribution in [0, 0.1) is 20.8 Å². The molecule has 6 aromatic rings. The fourth-order valence-corrected chi connectivity index (χ4v) is 5.01. The normalized spacial score (nSPS) is 11.5. The van der Waals surface area contributed by atoms with E-state index in [-0.39, 0.29) is 5.56 Å². The molecule has 0 aliphatic rings. The first-order valence-corrected chi connectivity index (χ1v) is 12.5. The van der Waals surface area contributed by atoms with Crippen molar-refractivity contribution >= 4 is 28.4 Å². The summed E-state index contributed by atoms with van der Waals surface area (Å²) in [5.41, 5.74) is 5.57. The second-order valence-corrected chi connectivity index (χ2v) is 9.61. The minimum atomic E-state index is -0.128. The van der Waals surface area contributed by atoms with E-state index >= 15 is 0 Å². The summed E-state index contributed by atoms with van der Waals surface area (Å²) < 4.78 is 9.04. The van der Waals surface area contributed by atoms with E-state index in [1.54, 1.807) is 4.57 Å². The molecule has 0 radical (unpaired) electrons. The Labute approximate surface area is 210 Å². The number of hydrogen-bond donors (Lipinski definition) is 0. The van der Waals surface area contributed by atoms with Crippen molar-refractivity contribution in [3.8, 4) is 17.1 Å². The molecule has 0 aliphatic carbocycles. The first-order chi connectivity index (χ1) is 17.5. The molecule has 0 aliphatic heterocycles. The molecule has 0 saturated carbocycles. The third kappa shape index (κ3) is 3.68. The summed E-state index contributed by atoms with van der Waals surface area (Å²) in [4.78, 5) is 18.1. The molecule has 3 heterocycles. The van der Waals surface area contributed by atoms with Gasteiger partial charge in [-0.2, -0.15) is 4.98 Å². The topological polar surface area (TPSA) is 91.1 Å². The van der Waals surface area contributed by atoms with E-state index in [9.17, 15) is 4.79 Å². The summed E-state index contributed by atoms with van der Waals surface area (Å²) in [5.74, 6) is 1.93. The Bertz CT molecular complexity index is 1800. The first kappa shape index (κ1) is 22.2. The average Bonchev–Trinajstić information content (AvgIpc) is 3.53. The summed E-state index contributed by atoms with van der Waals surface area (Å²) in [6.07, 6.45) is 0. The number of aromatic nitrogens is 6. The van der Waals surface area contributed by atoms with Crippen molar-refractivity contribution in [2.24, 2.45) is 0 Å². The van der Waals surface area contributed by atoms with Gasteiger partial charge in [0, 0.05) is 5.56 Å². The third-order valence-corrected chi connectivity index (χ3v) is 7.23. The SMILES string of the molecule is Cc1ccc(-c2nc(CSc3nnc4n(-c5cccc(C)c5C)c(=O)c5ccccc5n34)no2)cc1. The fourth-order valence-electron chi connectivity index (χ4n) is 4.22. The van der Waals surface area contributed by atoms with Crippen LogP contribution in [-0.4, -0.2) is 29.3 Å². The maximum absolute atomic E-state index is 13.6. The molecule has 0 saturated heterocycles. The molecule has 0 fully saturated rings. The molecule has 0 spiro atoms. The van der Waals surface area contributed by atoms with Crippen LogP contribution in [0.5, 0.6) is 0 Å². The zero-order chi connectivity index (χ0) is 24.8. The van der Waals surface area contributed by atoms with E-state index < -0.39 is 0 Å². The number of benzene rings is 3. The summed E-state index contributed by atoms with van der Waals surface area (Å²) in [6.45, 7) is 6.08. The number of nitrogens with zero attached hydrogens (tertiary/aromatic N) is 6. The molecule has 0 bridgehead atoms. The van der Waals surface area contributed by atoms with Crippen LogP contribution < -0.4 is 5.56 Å². The number of thioether (sulfide) groups is 1. The van der Waals surface area contributed by atoms with Gasteiger partial charge < -0.3 is 4.52 Å². The van der Waals surface area contributed by atoms with E-state index in [0.29, 0.717) is 33.8 Å². The molecular formula is C27H22N6O2S. The number of hydrogen-bond acceptors (Lipinski definition) is 7. The molecule has 36 heavy (non-hydrogen) atoms. The van der Waals surface area contributed by atoms with E-state index in [2.05, 4.69) is 20.3 Å². The van der Waals surface area contributed by atoms with E-state index in [4.69, 9.17) is 4.52 Å². The Kier molecular flexibility index (Phi) is 5.41. The minimum Gasteiger partial charge on any atom is -0.334 e. The Morgan fingerprint density at radius 1 is 0.917 bits per heavy atom. The number of aryl methyl sites for hydroxylation is 2. The van der Waals surface area contributed by atoms with Crippen molar-refractivity contribution < 1.29 is 4.52 Å². The van der Waals surface area contributed by atoms with Crippen molar-refractivity contribution in [2.45, 2.75) is 31.7 Å². The van der Waals surface area contributed by atoms with Gasteiger partial charge in [-0.1, -0.05) is 58.9 Å². The molecule has 0 atom stereocenters. The Balaban J connectivity index is 1.43. The van der Waals surface area contributed by atoms with Gasteiger partial charge in [0.05, 0.1) is 22.3 Å². The smallest absolute Gasteiger partial charge is 0.267 e. The second kappa shape index (κ2) is 8.76. The zero-order valence-electron chi connectivity index (χ0n) is 20.0. The highest BCUT2D eigenvalue weighted by atomic mass is 32.2. The minimum absolute atomic E-state index is 0.128. The quantitative estimate of drug-likeness (QED) is 0.300. The molecule has 0 amide bonds. The van der Waals surface area contributed by atoms with Gasteiger partial charge in [0.25, 0.3) is 11.4 Å². The lowest BCUT2D eigenvalue weighted by Crippen LogP contribution is -2.22. The zero-order valence-corrected chi connectivity index (χ0v) is 20.8. The average molecular weight is 495 g/mol. The van der Waals surface area contributed by atoms with Gasteiger partial charge in [-0.3, -0.25) is 9.20 Å². The monoisotopic (exact) mass is 494 g/mol. The molecule has 0 unspecified atom stereocenters. The third-order valence-electron chi connectivity index (χ3n) is 6.31. The summed E-state index contributed by atoms with van der Waals surface area (Å²) in [6, 6.07) is 21.4. The van der Waals surface area contributed by atoms with Gasteiger partial charge in [0.1, 0.15) is 0 Å². The second-order valence-electron chi connectivity index (χ2n) is 8.67. The number of para-hydroxylation sites is 1. The maximum Gasteiger partial charge on any atom is 0.267 e. The van der Waals surface area contributed by atoms with Crippen LogP contribution in [0.2, 0.25) is 0 Å². The van der Waals surface area contributed by atoms with E-state index in [1.807, 2.05) is 91.9 Å².